The zero-order chi connectivity index (χ0) is 14.9. The molecule has 1 N–H and O–H groups in total. The number of likely N-dealkylation sites (tertiary alicyclic amines) is 1. The van der Waals surface area contributed by atoms with Crippen LogP contribution in [0.4, 0.5) is 0 Å². The zero-order valence-corrected chi connectivity index (χ0v) is 12.7. The summed E-state index contributed by atoms with van der Waals surface area (Å²) in [5.41, 5.74) is 4.12. The zero-order valence-electron chi connectivity index (χ0n) is 12.7. The molecule has 5 nitrogen and oxygen atoms in total. The fraction of sp³-hybridized carbons (Fsp3) is 0.412. The molecule has 4 rings (SSSR count). The van der Waals surface area contributed by atoms with Crippen LogP contribution < -0.4 is 0 Å². The standard InChI is InChI=1S/C17H20N4O/c1-12-9-15(20-19-12)13-5-4-8-21(10-13)11-17-18-14-6-2-3-7-16(14)22-17/h2-3,6-7,9,13H,4-5,8,10-11H2,1H3,(H,19,20). The molecule has 0 spiro atoms. The number of piperidine rings is 1. The Labute approximate surface area is 129 Å². The predicted molar refractivity (Wildman–Crippen MR) is 84.6 cm³/mol. The number of nitrogens with zero attached hydrogens (tertiary/aromatic N) is 3. The molecule has 22 heavy (non-hydrogen) atoms. The van der Waals surface area contributed by atoms with Gasteiger partial charge >= 0.3 is 0 Å². The summed E-state index contributed by atoms with van der Waals surface area (Å²) in [5, 5.41) is 7.47. The molecule has 114 valence electrons. The SMILES string of the molecule is Cc1cc(C2CCCN(Cc3nc4ccccc4o3)C2)n[nH]1. The van der Waals surface area contributed by atoms with Crippen LogP contribution in [0.15, 0.2) is 34.7 Å². The molecule has 1 aliphatic rings. The van der Waals surface area contributed by atoms with E-state index in [0.717, 1.165) is 42.3 Å². The van der Waals surface area contributed by atoms with Crippen molar-refractivity contribution < 1.29 is 4.42 Å². The highest BCUT2D eigenvalue weighted by Gasteiger charge is 2.24. The highest BCUT2D eigenvalue weighted by atomic mass is 16.3. The first-order valence-electron chi connectivity index (χ1n) is 7.86. The largest absolute Gasteiger partial charge is 0.439 e. The maximum atomic E-state index is 5.84. The molecule has 1 atom stereocenters. The van der Waals surface area contributed by atoms with Gasteiger partial charge in [-0.1, -0.05) is 12.1 Å². The van der Waals surface area contributed by atoms with E-state index in [9.17, 15) is 0 Å². The van der Waals surface area contributed by atoms with Crippen LogP contribution in [0.25, 0.3) is 11.1 Å². The van der Waals surface area contributed by atoms with E-state index < -0.39 is 0 Å². The smallest absolute Gasteiger partial charge is 0.209 e. The summed E-state index contributed by atoms with van der Waals surface area (Å²) in [4.78, 5) is 7.00. The van der Waals surface area contributed by atoms with Crippen molar-refractivity contribution >= 4 is 11.1 Å². The number of hydrogen-bond acceptors (Lipinski definition) is 4. The van der Waals surface area contributed by atoms with Crippen LogP contribution in [-0.4, -0.2) is 33.2 Å². The van der Waals surface area contributed by atoms with Gasteiger partial charge in [-0.05, 0) is 44.5 Å². The van der Waals surface area contributed by atoms with E-state index in [1.807, 2.05) is 24.3 Å². The van der Waals surface area contributed by atoms with Gasteiger partial charge < -0.3 is 4.42 Å². The van der Waals surface area contributed by atoms with E-state index in [1.165, 1.54) is 18.5 Å². The first-order chi connectivity index (χ1) is 10.8. The molecule has 0 bridgehead atoms. The Morgan fingerprint density at radius 1 is 1.36 bits per heavy atom. The van der Waals surface area contributed by atoms with Crippen LogP contribution >= 0.6 is 0 Å². The van der Waals surface area contributed by atoms with Crippen LogP contribution in [0, 0.1) is 6.92 Å². The normalized spacial score (nSPS) is 19.8. The average Bonchev–Trinajstić information content (AvgIpc) is 3.13. The summed E-state index contributed by atoms with van der Waals surface area (Å²) in [5.74, 6) is 1.31. The Morgan fingerprint density at radius 3 is 3.09 bits per heavy atom. The average molecular weight is 296 g/mol. The third-order valence-electron chi connectivity index (χ3n) is 4.35. The number of oxazole rings is 1. The van der Waals surface area contributed by atoms with Gasteiger partial charge in [-0.3, -0.25) is 10.00 Å². The number of aromatic amines is 1. The van der Waals surface area contributed by atoms with Crippen LogP contribution in [0.3, 0.4) is 0 Å². The lowest BCUT2D eigenvalue weighted by Gasteiger charge is -2.30. The Bertz CT molecular complexity index is 743. The molecule has 0 saturated carbocycles. The highest BCUT2D eigenvalue weighted by molar-refractivity contribution is 5.72. The molecule has 0 amide bonds. The van der Waals surface area contributed by atoms with Gasteiger partial charge in [0.1, 0.15) is 5.52 Å². The lowest BCUT2D eigenvalue weighted by molar-refractivity contribution is 0.183. The van der Waals surface area contributed by atoms with E-state index in [2.05, 4.69) is 33.1 Å². The van der Waals surface area contributed by atoms with Crippen LogP contribution in [0.1, 0.15) is 36.0 Å². The van der Waals surface area contributed by atoms with E-state index in [1.54, 1.807) is 0 Å². The molecule has 1 unspecified atom stereocenters. The Hall–Kier alpha value is -2.14. The van der Waals surface area contributed by atoms with Gasteiger partial charge in [0.05, 0.1) is 12.2 Å². The Morgan fingerprint density at radius 2 is 2.27 bits per heavy atom. The fourth-order valence-corrected chi connectivity index (χ4v) is 3.27. The second kappa shape index (κ2) is 5.57. The van der Waals surface area contributed by atoms with Crippen molar-refractivity contribution in [3.05, 3.63) is 47.6 Å². The number of benzene rings is 1. The van der Waals surface area contributed by atoms with Gasteiger partial charge in [0.25, 0.3) is 0 Å². The van der Waals surface area contributed by atoms with E-state index in [0.29, 0.717) is 5.92 Å². The van der Waals surface area contributed by atoms with Crippen LogP contribution in [0.2, 0.25) is 0 Å². The summed E-state index contributed by atoms with van der Waals surface area (Å²) in [6, 6.07) is 10.1. The molecule has 2 aromatic heterocycles. The number of H-pyrrole nitrogens is 1. The van der Waals surface area contributed by atoms with Gasteiger partial charge in [0.15, 0.2) is 5.58 Å². The second-order valence-electron chi connectivity index (χ2n) is 6.13. The minimum Gasteiger partial charge on any atom is -0.439 e. The van der Waals surface area contributed by atoms with Gasteiger partial charge in [-0.2, -0.15) is 5.10 Å². The Balaban J connectivity index is 1.48. The van der Waals surface area contributed by atoms with Crippen molar-refractivity contribution in [1.29, 1.82) is 0 Å². The third kappa shape index (κ3) is 2.64. The van der Waals surface area contributed by atoms with Crippen LogP contribution in [0.5, 0.6) is 0 Å². The molecular weight excluding hydrogens is 276 g/mol. The van der Waals surface area contributed by atoms with E-state index >= 15 is 0 Å². The molecule has 0 radical (unpaired) electrons. The van der Waals surface area contributed by atoms with Crippen molar-refractivity contribution in [3.8, 4) is 0 Å². The van der Waals surface area contributed by atoms with Gasteiger partial charge in [-0.25, -0.2) is 4.98 Å². The third-order valence-corrected chi connectivity index (χ3v) is 4.35. The maximum absolute atomic E-state index is 5.84. The van der Waals surface area contributed by atoms with Gasteiger partial charge in [0, 0.05) is 18.2 Å². The molecule has 1 fully saturated rings. The fourth-order valence-electron chi connectivity index (χ4n) is 3.27. The lowest BCUT2D eigenvalue weighted by Crippen LogP contribution is -2.34. The number of nitrogens with one attached hydrogen (secondary N) is 1. The van der Waals surface area contributed by atoms with E-state index in [4.69, 9.17) is 4.42 Å². The topological polar surface area (TPSA) is 58.0 Å². The molecule has 3 heterocycles. The molecule has 1 saturated heterocycles. The summed E-state index contributed by atoms with van der Waals surface area (Å²) in [7, 11) is 0. The summed E-state index contributed by atoms with van der Waals surface area (Å²) in [6.45, 7) is 4.94. The molecule has 1 aromatic carbocycles. The van der Waals surface area contributed by atoms with Crippen molar-refractivity contribution in [2.24, 2.45) is 0 Å². The second-order valence-corrected chi connectivity index (χ2v) is 6.13. The van der Waals surface area contributed by atoms with Crippen molar-refractivity contribution in [3.63, 3.8) is 0 Å². The van der Waals surface area contributed by atoms with Crippen molar-refractivity contribution in [1.82, 2.24) is 20.1 Å². The van der Waals surface area contributed by atoms with E-state index in [-0.39, 0.29) is 0 Å². The van der Waals surface area contributed by atoms with Gasteiger partial charge in [-0.15, -0.1) is 0 Å². The molecule has 5 heteroatoms. The van der Waals surface area contributed by atoms with Crippen molar-refractivity contribution in [2.45, 2.75) is 32.2 Å². The first-order valence-corrected chi connectivity index (χ1v) is 7.86. The minimum absolute atomic E-state index is 0.503. The number of fused-ring (bicyclic) bond motifs is 1. The summed E-state index contributed by atoms with van der Waals surface area (Å²) < 4.78 is 5.84. The highest BCUT2D eigenvalue weighted by Crippen LogP contribution is 2.27. The molecule has 0 aliphatic carbocycles. The number of para-hydroxylation sites is 2. The first kappa shape index (κ1) is 13.5. The van der Waals surface area contributed by atoms with Crippen molar-refractivity contribution in [2.75, 3.05) is 13.1 Å². The monoisotopic (exact) mass is 296 g/mol. The number of rotatable bonds is 3. The summed E-state index contributed by atoms with van der Waals surface area (Å²) in [6.07, 6.45) is 2.39. The predicted octanol–water partition coefficient (Wildman–Crippen LogP) is 3.24. The minimum atomic E-state index is 0.503. The maximum Gasteiger partial charge on any atom is 0.209 e. The number of aromatic nitrogens is 3. The number of aryl methyl sites for hydroxylation is 1. The van der Waals surface area contributed by atoms with Gasteiger partial charge in [0.2, 0.25) is 5.89 Å². The molecular formula is C17H20N4O. The quantitative estimate of drug-likeness (QED) is 0.806. The Kier molecular flexibility index (Phi) is 3.42. The summed E-state index contributed by atoms with van der Waals surface area (Å²) >= 11 is 0. The lowest BCUT2D eigenvalue weighted by atomic mass is 9.95. The number of hydrogen-bond donors (Lipinski definition) is 1. The van der Waals surface area contributed by atoms with Crippen LogP contribution in [-0.2, 0) is 6.54 Å². The molecule has 3 aromatic rings. The molecule has 1 aliphatic heterocycles.